The molecule has 10 heavy (non-hydrogen) atoms. The van der Waals surface area contributed by atoms with Crippen molar-refractivity contribution in [3.8, 4) is 0 Å². The molecule has 0 saturated heterocycles. The largest absolute Gasteiger partial charge is 0.0991 e. The number of alkyl halides is 1. The molecule has 0 bridgehead atoms. The fraction of sp³-hybridized carbons (Fsp3) is 0.500. The Bertz CT molecular complexity index is 147. The number of halogens is 2. The van der Waals surface area contributed by atoms with Crippen LogP contribution in [0.25, 0.3) is 0 Å². The van der Waals surface area contributed by atoms with E-state index < -0.39 is 0 Å². The molecule has 1 unspecified atom stereocenters. The van der Waals surface area contributed by atoms with Gasteiger partial charge in [0.2, 0.25) is 0 Å². The van der Waals surface area contributed by atoms with E-state index in [2.05, 4.69) is 69.7 Å². The summed E-state index contributed by atoms with van der Waals surface area (Å²) in [5, 5.41) is 0. The van der Waals surface area contributed by atoms with E-state index in [-0.39, 0.29) is 0 Å². The molecule has 2 heteroatoms. The van der Waals surface area contributed by atoms with Crippen molar-refractivity contribution in [1.29, 1.82) is 0 Å². The molecule has 0 fully saturated rings. The normalized spacial score (nSPS) is 15.0. The Morgan fingerprint density at radius 1 is 1.60 bits per heavy atom. The van der Waals surface area contributed by atoms with Gasteiger partial charge < -0.3 is 0 Å². The fourth-order valence-electron chi connectivity index (χ4n) is 0.501. The molecule has 0 aromatic heterocycles. The monoisotopic (exact) mass is 362 g/mol. The summed E-state index contributed by atoms with van der Waals surface area (Å²) < 4.78 is 2.73. The van der Waals surface area contributed by atoms with Crippen molar-refractivity contribution < 1.29 is 0 Å². The summed E-state index contributed by atoms with van der Waals surface area (Å²) >= 11 is 4.70. The van der Waals surface area contributed by atoms with Crippen LogP contribution in [0.15, 0.2) is 21.8 Å². The second kappa shape index (κ2) is 5.57. The zero-order valence-corrected chi connectivity index (χ0v) is 10.6. The van der Waals surface area contributed by atoms with Crippen molar-refractivity contribution in [2.45, 2.75) is 24.2 Å². The Hall–Kier alpha value is 0.940. The maximum Gasteiger partial charge on any atom is 0.0350 e. The highest BCUT2D eigenvalue weighted by molar-refractivity contribution is 14.1. The molecule has 0 nitrogen and oxygen atoms in total. The van der Waals surface area contributed by atoms with Crippen LogP contribution in [0.3, 0.4) is 0 Å². The molecule has 0 radical (unpaired) electrons. The highest BCUT2D eigenvalue weighted by Crippen LogP contribution is 2.19. The first-order valence-electron chi connectivity index (χ1n) is 3.13. The van der Waals surface area contributed by atoms with E-state index in [1.54, 1.807) is 0 Å². The smallest absolute Gasteiger partial charge is 0.0350 e. The van der Waals surface area contributed by atoms with Crippen molar-refractivity contribution in [3.05, 3.63) is 21.8 Å². The molecule has 0 aliphatic rings. The van der Waals surface area contributed by atoms with Crippen molar-refractivity contribution in [2.75, 3.05) is 0 Å². The molecule has 0 aromatic rings. The van der Waals surface area contributed by atoms with Gasteiger partial charge in [-0.15, -0.1) is 0 Å². The molecule has 0 spiro atoms. The second-order valence-electron chi connectivity index (χ2n) is 2.47. The molecule has 0 amide bonds. The van der Waals surface area contributed by atoms with Crippen LogP contribution in [-0.4, -0.2) is 3.92 Å². The molecule has 0 aliphatic heterocycles. The van der Waals surface area contributed by atoms with Crippen LogP contribution in [0.2, 0.25) is 0 Å². The molecule has 0 heterocycles. The van der Waals surface area contributed by atoms with Gasteiger partial charge in [-0.25, -0.2) is 0 Å². The lowest BCUT2D eigenvalue weighted by Crippen LogP contribution is -1.97. The lowest BCUT2D eigenvalue weighted by Gasteiger charge is -2.07. The fourth-order valence-corrected chi connectivity index (χ4v) is 1.45. The van der Waals surface area contributed by atoms with Crippen LogP contribution >= 0.6 is 45.2 Å². The van der Waals surface area contributed by atoms with Crippen LogP contribution in [0.4, 0.5) is 0 Å². The summed E-state index contributed by atoms with van der Waals surface area (Å²) in [4.78, 5) is 0. The number of allylic oxidation sites excluding steroid dienone is 2. The minimum Gasteiger partial charge on any atom is -0.0991 e. The zero-order valence-electron chi connectivity index (χ0n) is 6.32. The predicted molar refractivity (Wildman–Crippen MR) is 65.0 cm³/mol. The molecular formula is C8H12I2. The third-order valence-electron chi connectivity index (χ3n) is 1.22. The third-order valence-corrected chi connectivity index (χ3v) is 3.79. The van der Waals surface area contributed by atoms with Gasteiger partial charge in [-0.2, -0.15) is 0 Å². The lowest BCUT2D eigenvalue weighted by atomic mass is 10.1. The van der Waals surface area contributed by atoms with Gasteiger partial charge in [0.15, 0.2) is 0 Å². The van der Waals surface area contributed by atoms with E-state index in [4.69, 9.17) is 0 Å². The zero-order chi connectivity index (χ0) is 8.15. The predicted octanol–water partition coefficient (Wildman–Crippen LogP) is 4.10. The van der Waals surface area contributed by atoms with Crippen molar-refractivity contribution in [2.24, 2.45) is 0 Å². The van der Waals surface area contributed by atoms with Crippen LogP contribution < -0.4 is 0 Å². The van der Waals surface area contributed by atoms with Gasteiger partial charge in [-0.05, 0) is 24.4 Å². The highest BCUT2D eigenvalue weighted by Gasteiger charge is 2.03. The summed E-state index contributed by atoms with van der Waals surface area (Å²) in [6.07, 6.45) is 1.14. The van der Waals surface area contributed by atoms with Crippen LogP contribution in [0, 0.1) is 0 Å². The molecule has 0 aromatic carbocycles. The highest BCUT2D eigenvalue weighted by atomic mass is 127. The number of rotatable bonds is 3. The van der Waals surface area contributed by atoms with E-state index >= 15 is 0 Å². The van der Waals surface area contributed by atoms with Gasteiger partial charge in [0, 0.05) is 3.92 Å². The first-order chi connectivity index (χ1) is 4.57. The van der Waals surface area contributed by atoms with Crippen LogP contribution in [0.1, 0.15) is 20.3 Å². The van der Waals surface area contributed by atoms with Crippen molar-refractivity contribution >= 4 is 45.2 Å². The standard InChI is InChI=1S/C8H12I2/c1-6(2)8(10)4-7(3)5-9/h5,8H,1,4H2,2-3H3. The summed E-state index contributed by atoms with van der Waals surface area (Å²) in [6, 6.07) is 0. The average molecular weight is 362 g/mol. The molecular weight excluding hydrogens is 350 g/mol. The van der Waals surface area contributed by atoms with Crippen LogP contribution in [0.5, 0.6) is 0 Å². The van der Waals surface area contributed by atoms with E-state index in [1.165, 1.54) is 11.1 Å². The Labute approximate surface area is 90.4 Å². The van der Waals surface area contributed by atoms with Gasteiger partial charge in [0.1, 0.15) is 0 Å². The SMILES string of the molecule is C=C(C)C(I)CC(C)=CI. The lowest BCUT2D eigenvalue weighted by molar-refractivity contribution is 0.980. The maximum atomic E-state index is 3.91. The summed E-state index contributed by atoms with van der Waals surface area (Å²) in [6.45, 7) is 8.14. The van der Waals surface area contributed by atoms with Gasteiger partial charge in [0.05, 0.1) is 0 Å². The quantitative estimate of drug-likeness (QED) is 0.403. The molecule has 0 rings (SSSR count). The van der Waals surface area contributed by atoms with Crippen LogP contribution in [-0.2, 0) is 0 Å². The first kappa shape index (κ1) is 10.9. The minimum atomic E-state index is 0.601. The van der Waals surface area contributed by atoms with Gasteiger partial charge >= 0.3 is 0 Å². The van der Waals surface area contributed by atoms with E-state index in [1.807, 2.05) is 0 Å². The summed E-state index contributed by atoms with van der Waals surface area (Å²) in [5.74, 6) is 0. The van der Waals surface area contributed by atoms with E-state index in [0.29, 0.717) is 3.92 Å². The molecule has 0 aliphatic carbocycles. The Morgan fingerprint density at radius 2 is 2.10 bits per heavy atom. The number of hydrogen-bond donors (Lipinski definition) is 0. The molecule has 0 N–H and O–H groups in total. The summed E-state index contributed by atoms with van der Waals surface area (Å²) in [5.41, 5.74) is 2.70. The Morgan fingerprint density at radius 3 is 2.40 bits per heavy atom. The van der Waals surface area contributed by atoms with Gasteiger partial charge in [0.25, 0.3) is 0 Å². The van der Waals surface area contributed by atoms with Gasteiger partial charge in [-0.3, -0.25) is 0 Å². The molecule has 58 valence electrons. The van der Waals surface area contributed by atoms with Gasteiger partial charge in [-0.1, -0.05) is 62.9 Å². The Balaban J connectivity index is 3.80. The van der Waals surface area contributed by atoms with Crippen molar-refractivity contribution in [3.63, 3.8) is 0 Å². The minimum absolute atomic E-state index is 0.601. The van der Waals surface area contributed by atoms with E-state index in [9.17, 15) is 0 Å². The topological polar surface area (TPSA) is 0 Å². The second-order valence-corrected chi connectivity index (χ2v) is 4.60. The number of hydrogen-bond acceptors (Lipinski definition) is 0. The third kappa shape index (κ3) is 4.71. The summed E-state index contributed by atoms with van der Waals surface area (Å²) in [7, 11) is 0. The molecule has 1 atom stereocenters. The van der Waals surface area contributed by atoms with Crippen molar-refractivity contribution in [1.82, 2.24) is 0 Å². The Kier molecular flexibility index (Phi) is 6.10. The maximum absolute atomic E-state index is 3.91. The average Bonchev–Trinajstić information content (AvgIpc) is 1.87. The first-order valence-corrected chi connectivity index (χ1v) is 5.62. The van der Waals surface area contributed by atoms with E-state index in [0.717, 1.165) is 6.42 Å². The molecule has 0 saturated carbocycles.